The summed E-state index contributed by atoms with van der Waals surface area (Å²) in [5, 5.41) is 4.73. The van der Waals surface area contributed by atoms with E-state index in [1.165, 1.54) is 0 Å². The molecule has 0 aliphatic rings. The minimum absolute atomic E-state index is 0.532. The van der Waals surface area contributed by atoms with E-state index < -0.39 is 0 Å². The number of rotatable bonds is 9. The Morgan fingerprint density at radius 1 is 1.32 bits per heavy atom. The van der Waals surface area contributed by atoms with Gasteiger partial charge in [0.15, 0.2) is 0 Å². The molecule has 0 saturated heterocycles. The van der Waals surface area contributed by atoms with Gasteiger partial charge in [0.25, 0.3) is 0 Å². The first-order chi connectivity index (χ1) is 9.12. The molecule has 0 unspecified atom stereocenters. The van der Waals surface area contributed by atoms with E-state index in [0.717, 1.165) is 44.6 Å². The van der Waals surface area contributed by atoms with Crippen LogP contribution in [0.5, 0.6) is 0 Å². The molecule has 4 nitrogen and oxygen atoms in total. The Hall–Kier alpha value is -0.870. The van der Waals surface area contributed by atoms with Crippen LogP contribution >= 0.6 is 0 Å². The largest absolute Gasteiger partial charge is 0.330 e. The summed E-state index contributed by atoms with van der Waals surface area (Å²) in [5.74, 6) is 0. The summed E-state index contributed by atoms with van der Waals surface area (Å²) in [6.45, 7) is 11.6. The van der Waals surface area contributed by atoms with E-state index in [0.29, 0.717) is 12.1 Å². The lowest BCUT2D eigenvalue weighted by Crippen LogP contribution is -2.32. The molecule has 2 N–H and O–H groups in total. The Labute approximate surface area is 118 Å². The Morgan fingerprint density at radius 2 is 2.00 bits per heavy atom. The second kappa shape index (κ2) is 8.33. The van der Waals surface area contributed by atoms with Gasteiger partial charge >= 0.3 is 0 Å². The molecule has 1 heterocycles. The molecule has 1 rings (SSSR count). The van der Waals surface area contributed by atoms with E-state index in [2.05, 4.69) is 49.5 Å². The van der Waals surface area contributed by atoms with Crippen molar-refractivity contribution >= 4 is 0 Å². The predicted molar refractivity (Wildman–Crippen MR) is 81.1 cm³/mol. The number of nitrogens with two attached hydrogens (primary N) is 1. The third-order valence-electron chi connectivity index (χ3n) is 3.73. The van der Waals surface area contributed by atoms with Gasteiger partial charge in [-0.25, -0.2) is 0 Å². The van der Waals surface area contributed by atoms with Crippen LogP contribution in [0.2, 0.25) is 0 Å². The monoisotopic (exact) mass is 266 g/mol. The van der Waals surface area contributed by atoms with Crippen LogP contribution in [0.3, 0.4) is 0 Å². The zero-order chi connectivity index (χ0) is 14.3. The highest BCUT2D eigenvalue weighted by atomic mass is 15.3. The maximum atomic E-state index is 5.60. The molecule has 0 aliphatic carbocycles. The minimum atomic E-state index is 0.532. The summed E-state index contributed by atoms with van der Waals surface area (Å²) in [4.78, 5) is 2.44. The van der Waals surface area contributed by atoms with Gasteiger partial charge < -0.3 is 5.73 Å². The van der Waals surface area contributed by atoms with Gasteiger partial charge in [0.05, 0.1) is 11.7 Å². The van der Waals surface area contributed by atoms with Crippen LogP contribution < -0.4 is 5.73 Å². The standard InChI is InChI=1S/C15H30N4/c1-5-15(6-2)19-11-8-14(17-19)12-18(13(3)4)10-7-9-16/h8,11,13,15H,5-7,9-10,12,16H2,1-4H3. The molecule has 19 heavy (non-hydrogen) atoms. The Kier molecular flexibility index (Phi) is 7.10. The fraction of sp³-hybridized carbons (Fsp3) is 0.800. The van der Waals surface area contributed by atoms with Gasteiger partial charge in [-0.3, -0.25) is 9.58 Å². The average Bonchev–Trinajstić information content (AvgIpc) is 2.84. The molecule has 1 aromatic heterocycles. The second-order valence-electron chi connectivity index (χ2n) is 5.46. The van der Waals surface area contributed by atoms with Gasteiger partial charge in [-0.1, -0.05) is 13.8 Å². The molecule has 0 saturated carbocycles. The molecule has 0 aliphatic heterocycles. The predicted octanol–water partition coefficient (Wildman–Crippen LogP) is 2.80. The molecular formula is C15H30N4. The highest BCUT2D eigenvalue weighted by molar-refractivity contribution is 5.00. The van der Waals surface area contributed by atoms with Gasteiger partial charge in [0, 0.05) is 25.3 Å². The fourth-order valence-corrected chi connectivity index (χ4v) is 2.35. The number of hydrogen-bond acceptors (Lipinski definition) is 3. The highest BCUT2D eigenvalue weighted by Gasteiger charge is 2.13. The van der Waals surface area contributed by atoms with E-state index in [1.807, 2.05) is 0 Å². The molecule has 4 heteroatoms. The third-order valence-corrected chi connectivity index (χ3v) is 3.73. The lowest BCUT2D eigenvalue weighted by atomic mass is 10.2. The van der Waals surface area contributed by atoms with Crippen molar-refractivity contribution < 1.29 is 0 Å². The highest BCUT2D eigenvalue weighted by Crippen LogP contribution is 2.15. The fourth-order valence-electron chi connectivity index (χ4n) is 2.35. The molecule has 0 atom stereocenters. The number of hydrogen-bond donors (Lipinski definition) is 1. The first kappa shape index (κ1) is 16.2. The van der Waals surface area contributed by atoms with Crippen LogP contribution in [0.4, 0.5) is 0 Å². The minimum Gasteiger partial charge on any atom is -0.330 e. The Bertz CT molecular complexity index is 342. The van der Waals surface area contributed by atoms with E-state index in [4.69, 9.17) is 10.8 Å². The Morgan fingerprint density at radius 3 is 2.53 bits per heavy atom. The van der Waals surface area contributed by atoms with Crippen molar-refractivity contribution in [2.24, 2.45) is 5.73 Å². The van der Waals surface area contributed by atoms with Gasteiger partial charge in [-0.2, -0.15) is 5.10 Å². The zero-order valence-corrected chi connectivity index (χ0v) is 13.0. The molecule has 0 radical (unpaired) electrons. The van der Waals surface area contributed by atoms with Crippen LogP contribution in [0, 0.1) is 0 Å². The maximum absolute atomic E-state index is 5.60. The number of nitrogens with zero attached hydrogens (tertiary/aromatic N) is 3. The molecule has 0 aromatic carbocycles. The molecule has 110 valence electrons. The van der Waals surface area contributed by atoms with Gasteiger partial charge in [-0.05, 0) is 45.7 Å². The zero-order valence-electron chi connectivity index (χ0n) is 13.0. The summed E-state index contributed by atoms with van der Waals surface area (Å²) in [6.07, 6.45) is 5.44. The molecule has 0 spiro atoms. The second-order valence-corrected chi connectivity index (χ2v) is 5.46. The van der Waals surface area contributed by atoms with E-state index in [1.54, 1.807) is 0 Å². The summed E-state index contributed by atoms with van der Waals surface area (Å²) in [5.41, 5.74) is 6.77. The van der Waals surface area contributed by atoms with Crippen LogP contribution in [0.1, 0.15) is 58.7 Å². The molecule has 0 amide bonds. The summed E-state index contributed by atoms with van der Waals surface area (Å²) >= 11 is 0. The quantitative estimate of drug-likeness (QED) is 0.747. The van der Waals surface area contributed by atoms with Gasteiger partial charge in [-0.15, -0.1) is 0 Å². The smallest absolute Gasteiger partial charge is 0.0764 e. The van der Waals surface area contributed by atoms with Gasteiger partial charge in [0.1, 0.15) is 0 Å². The van der Waals surface area contributed by atoms with E-state index in [-0.39, 0.29) is 0 Å². The lowest BCUT2D eigenvalue weighted by molar-refractivity contribution is 0.208. The first-order valence-corrected chi connectivity index (χ1v) is 7.60. The number of aromatic nitrogens is 2. The first-order valence-electron chi connectivity index (χ1n) is 7.60. The van der Waals surface area contributed by atoms with E-state index in [9.17, 15) is 0 Å². The van der Waals surface area contributed by atoms with Crippen molar-refractivity contribution in [2.45, 2.75) is 65.6 Å². The van der Waals surface area contributed by atoms with Crippen LogP contribution in [-0.2, 0) is 6.54 Å². The topological polar surface area (TPSA) is 47.1 Å². The van der Waals surface area contributed by atoms with Crippen molar-refractivity contribution in [1.29, 1.82) is 0 Å². The summed E-state index contributed by atoms with van der Waals surface area (Å²) < 4.78 is 2.12. The normalized spacial score (nSPS) is 12.0. The van der Waals surface area contributed by atoms with E-state index >= 15 is 0 Å². The van der Waals surface area contributed by atoms with Crippen LogP contribution in [0.25, 0.3) is 0 Å². The summed E-state index contributed by atoms with van der Waals surface area (Å²) in [7, 11) is 0. The van der Waals surface area contributed by atoms with Crippen molar-refractivity contribution in [1.82, 2.24) is 14.7 Å². The molecule has 1 aromatic rings. The van der Waals surface area contributed by atoms with Crippen molar-refractivity contribution in [2.75, 3.05) is 13.1 Å². The summed E-state index contributed by atoms with van der Waals surface area (Å²) in [6, 6.07) is 3.21. The molecule has 0 bridgehead atoms. The molecule has 0 fully saturated rings. The SMILES string of the molecule is CCC(CC)n1ccc(CN(CCCN)C(C)C)n1. The lowest BCUT2D eigenvalue weighted by Gasteiger charge is -2.25. The van der Waals surface area contributed by atoms with Crippen molar-refractivity contribution in [3.05, 3.63) is 18.0 Å². The average molecular weight is 266 g/mol. The van der Waals surface area contributed by atoms with Crippen molar-refractivity contribution in [3.8, 4) is 0 Å². The van der Waals surface area contributed by atoms with Crippen LogP contribution in [0.15, 0.2) is 12.3 Å². The van der Waals surface area contributed by atoms with Gasteiger partial charge in [0.2, 0.25) is 0 Å². The van der Waals surface area contributed by atoms with Crippen molar-refractivity contribution in [3.63, 3.8) is 0 Å². The Balaban J connectivity index is 2.64. The molecular weight excluding hydrogens is 236 g/mol. The third kappa shape index (κ3) is 4.96. The maximum Gasteiger partial charge on any atom is 0.0764 e. The van der Waals surface area contributed by atoms with Crippen LogP contribution in [-0.4, -0.2) is 33.8 Å².